The molecule has 5 nitrogen and oxygen atoms in total. The fourth-order valence-corrected chi connectivity index (χ4v) is 3.45. The summed E-state index contributed by atoms with van der Waals surface area (Å²) in [7, 11) is 0. The maximum Gasteiger partial charge on any atom is 0.227 e. The Hall–Kier alpha value is -3.15. The monoisotopic (exact) mass is 377 g/mol. The first-order valence-corrected chi connectivity index (χ1v) is 9.52. The number of hydrogen-bond donors (Lipinski definition) is 1. The Balaban J connectivity index is 1.45. The van der Waals surface area contributed by atoms with Gasteiger partial charge in [-0.05, 0) is 49.2 Å². The Morgan fingerprint density at radius 3 is 2.43 bits per heavy atom. The molecule has 1 aliphatic rings. The molecule has 2 aromatic carbocycles. The lowest BCUT2D eigenvalue weighted by Crippen LogP contribution is -2.47. The second kappa shape index (κ2) is 7.84. The lowest BCUT2D eigenvalue weighted by atomic mass is 10.1. The molecule has 4 rings (SSSR count). The Bertz CT molecular complexity index is 967. The third kappa shape index (κ3) is 3.76. The Labute approximate surface area is 164 Å². The van der Waals surface area contributed by atoms with Gasteiger partial charge in [-0.15, -0.1) is 0 Å². The third-order valence-electron chi connectivity index (χ3n) is 5.27. The molecule has 6 heteroatoms. The van der Waals surface area contributed by atoms with E-state index in [0.717, 1.165) is 37.7 Å². The molecule has 0 saturated carbocycles. The van der Waals surface area contributed by atoms with E-state index in [-0.39, 0.29) is 5.82 Å². The van der Waals surface area contributed by atoms with Crippen molar-refractivity contribution in [3.63, 3.8) is 0 Å². The molecule has 0 aliphatic carbocycles. The molecular formula is C22H24FN5. The van der Waals surface area contributed by atoms with E-state index in [4.69, 9.17) is 0 Å². The smallest absolute Gasteiger partial charge is 0.227 e. The first-order valence-electron chi connectivity index (χ1n) is 9.52. The van der Waals surface area contributed by atoms with E-state index in [1.807, 2.05) is 24.3 Å². The minimum atomic E-state index is -0.174. The summed E-state index contributed by atoms with van der Waals surface area (Å²) in [6, 6.07) is 15.0. The van der Waals surface area contributed by atoms with E-state index in [1.54, 1.807) is 12.3 Å². The zero-order valence-electron chi connectivity index (χ0n) is 16.2. The largest absolute Gasteiger partial charge is 0.366 e. The van der Waals surface area contributed by atoms with Gasteiger partial charge in [0.15, 0.2) is 0 Å². The van der Waals surface area contributed by atoms with Crippen LogP contribution in [0, 0.1) is 19.7 Å². The zero-order valence-corrected chi connectivity index (χ0v) is 16.2. The molecule has 0 unspecified atom stereocenters. The van der Waals surface area contributed by atoms with Crippen LogP contribution in [0.5, 0.6) is 0 Å². The van der Waals surface area contributed by atoms with E-state index >= 15 is 0 Å². The summed E-state index contributed by atoms with van der Waals surface area (Å²) < 4.78 is 14.0. The van der Waals surface area contributed by atoms with Crippen LogP contribution in [0.15, 0.2) is 54.7 Å². The van der Waals surface area contributed by atoms with Crippen molar-refractivity contribution < 1.29 is 4.39 Å². The van der Waals surface area contributed by atoms with E-state index < -0.39 is 0 Å². The van der Waals surface area contributed by atoms with Crippen molar-refractivity contribution in [1.82, 2.24) is 9.97 Å². The highest BCUT2D eigenvalue weighted by molar-refractivity contribution is 5.62. The first kappa shape index (κ1) is 18.2. The number of benzene rings is 2. The number of rotatable bonds is 4. The van der Waals surface area contributed by atoms with Gasteiger partial charge in [-0.2, -0.15) is 4.98 Å². The lowest BCUT2D eigenvalue weighted by molar-refractivity contribution is 0.594. The number of hydrogen-bond acceptors (Lipinski definition) is 5. The van der Waals surface area contributed by atoms with Crippen LogP contribution in [0.3, 0.4) is 0 Å². The molecule has 1 aromatic heterocycles. The van der Waals surface area contributed by atoms with Crippen molar-refractivity contribution in [2.45, 2.75) is 13.8 Å². The van der Waals surface area contributed by atoms with Gasteiger partial charge >= 0.3 is 0 Å². The molecule has 1 saturated heterocycles. The lowest BCUT2D eigenvalue weighted by Gasteiger charge is -2.36. The predicted octanol–water partition coefficient (Wildman–Crippen LogP) is 4.30. The van der Waals surface area contributed by atoms with E-state index in [9.17, 15) is 4.39 Å². The normalized spacial score (nSPS) is 14.2. The zero-order chi connectivity index (χ0) is 19.5. The number of piperazine rings is 1. The predicted molar refractivity (Wildman–Crippen MR) is 112 cm³/mol. The van der Waals surface area contributed by atoms with Gasteiger partial charge in [-0.25, -0.2) is 9.37 Å². The Kier molecular flexibility index (Phi) is 5.10. The van der Waals surface area contributed by atoms with Gasteiger partial charge in [0.25, 0.3) is 0 Å². The molecule has 0 bridgehead atoms. The quantitative estimate of drug-likeness (QED) is 0.734. The summed E-state index contributed by atoms with van der Waals surface area (Å²) >= 11 is 0. The highest BCUT2D eigenvalue weighted by atomic mass is 19.1. The second-order valence-corrected chi connectivity index (χ2v) is 7.04. The maximum absolute atomic E-state index is 14.0. The Morgan fingerprint density at radius 1 is 0.893 bits per heavy atom. The molecule has 3 aromatic rings. The number of aromatic nitrogens is 2. The molecule has 0 radical (unpaired) electrons. The van der Waals surface area contributed by atoms with Crippen molar-refractivity contribution >= 4 is 23.1 Å². The van der Waals surface area contributed by atoms with Crippen LogP contribution in [0.1, 0.15) is 11.1 Å². The molecule has 2 heterocycles. The van der Waals surface area contributed by atoms with Gasteiger partial charge in [-0.3, -0.25) is 0 Å². The number of nitrogens with zero attached hydrogens (tertiary/aromatic N) is 4. The van der Waals surface area contributed by atoms with Crippen molar-refractivity contribution in [3.05, 3.63) is 71.7 Å². The maximum atomic E-state index is 14.0. The van der Waals surface area contributed by atoms with Crippen LogP contribution in [0.4, 0.5) is 27.5 Å². The number of para-hydroxylation sites is 1. The number of halogens is 1. The summed E-state index contributed by atoms with van der Waals surface area (Å²) in [5, 5.41) is 3.40. The van der Waals surface area contributed by atoms with Crippen molar-refractivity contribution in [3.8, 4) is 0 Å². The van der Waals surface area contributed by atoms with Gasteiger partial charge in [0, 0.05) is 38.1 Å². The number of aryl methyl sites for hydroxylation is 1. The van der Waals surface area contributed by atoms with Crippen LogP contribution in [-0.2, 0) is 0 Å². The fraction of sp³-hybridized carbons (Fsp3) is 0.273. The van der Waals surface area contributed by atoms with Crippen LogP contribution < -0.4 is 15.1 Å². The van der Waals surface area contributed by atoms with Crippen LogP contribution in [-0.4, -0.2) is 36.1 Å². The molecule has 144 valence electrons. The van der Waals surface area contributed by atoms with E-state index in [0.29, 0.717) is 11.6 Å². The molecular weight excluding hydrogens is 353 g/mol. The van der Waals surface area contributed by atoms with Gasteiger partial charge in [-0.1, -0.05) is 24.3 Å². The average molecular weight is 377 g/mol. The van der Waals surface area contributed by atoms with Gasteiger partial charge < -0.3 is 15.1 Å². The van der Waals surface area contributed by atoms with Crippen LogP contribution in [0.25, 0.3) is 0 Å². The van der Waals surface area contributed by atoms with Crippen LogP contribution in [0.2, 0.25) is 0 Å². The average Bonchev–Trinajstić information content (AvgIpc) is 2.72. The molecule has 0 atom stereocenters. The third-order valence-corrected chi connectivity index (χ3v) is 5.27. The van der Waals surface area contributed by atoms with Crippen molar-refractivity contribution in [2.24, 2.45) is 0 Å². The highest BCUT2D eigenvalue weighted by Gasteiger charge is 2.21. The second-order valence-electron chi connectivity index (χ2n) is 7.04. The van der Waals surface area contributed by atoms with E-state index in [2.05, 4.69) is 51.1 Å². The summed E-state index contributed by atoms with van der Waals surface area (Å²) in [6.07, 6.45) is 1.78. The first-order chi connectivity index (χ1) is 13.6. The minimum absolute atomic E-state index is 0.174. The van der Waals surface area contributed by atoms with Crippen molar-refractivity contribution in [2.75, 3.05) is 41.3 Å². The Morgan fingerprint density at radius 2 is 1.64 bits per heavy atom. The molecule has 28 heavy (non-hydrogen) atoms. The standard InChI is InChI=1S/C22H24FN5/c1-16-6-5-8-19(17(16)2)25-21-10-11-24-22(26-21)28-14-12-27(13-15-28)20-9-4-3-7-18(20)23/h3-11H,12-15H2,1-2H3,(H,24,25,26). The summed E-state index contributed by atoms with van der Waals surface area (Å²) in [4.78, 5) is 13.3. The van der Waals surface area contributed by atoms with Crippen LogP contribution >= 0.6 is 0 Å². The van der Waals surface area contributed by atoms with E-state index in [1.165, 1.54) is 17.2 Å². The molecule has 1 N–H and O–H groups in total. The highest BCUT2D eigenvalue weighted by Crippen LogP contribution is 2.24. The molecule has 0 amide bonds. The van der Waals surface area contributed by atoms with Gasteiger partial charge in [0.05, 0.1) is 5.69 Å². The summed E-state index contributed by atoms with van der Waals surface area (Å²) in [6.45, 7) is 7.17. The SMILES string of the molecule is Cc1cccc(Nc2ccnc(N3CCN(c4ccccc4F)CC3)n2)c1C. The minimum Gasteiger partial charge on any atom is -0.366 e. The summed E-state index contributed by atoms with van der Waals surface area (Å²) in [5.41, 5.74) is 4.16. The summed E-state index contributed by atoms with van der Waals surface area (Å²) in [5.74, 6) is 1.30. The molecule has 1 fully saturated rings. The van der Waals surface area contributed by atoms with Gasteiger partial charge in [0.2, 0.25) is 5.95 Å². The fourth-order valence-electron chi connectivity index (χ4n) is 3.45. The number of nitrogens with one attached hydrogen (secondary N) is 1. The topological polar surface area (TPSA) is 44.3 Å². The molecule has 0 spiro atoms. The van der Waals surface area contributed by atoms with Gasteiger partial charge in [0.1, 0.15) is 11.6 Å². The van der Waals surface area contributed by atoms with Crippen molar-refractivity contribution in [1.29, 1.82) is 0 Å². The molecule has 1 aliphatic heterocycles. The number of anilines is 4.